The molecule has 0 bridgehead atoms. The number of amides is 1. The lowest BCUT2D eigenvalue weighted by atomic mass is 10.1. The summed E-state index contributed by atoms with van der Waals surface area (Å²) in [6, 6.07) is 16.0. The number of aryl methyl sites for hydroxylation is 2. The number of ether oxygens (including phenoxy) is 1. The molecule has 2 heterocycles. The molecule has 1 aliphatic heterocycles. The number of rotatable bonds is 5. The van der Waals surface area contributed by atoms with Crippen molar-refractivity contribution in [1.29, 1.82) is 0 Å². The molecule has 0 radical (unpaired) electrons. The van der Waals surface area contributed by atoms with Crippen LogP contribution in [-0.4, -0.2) is 30.1 Å². The van der Waals surface area contributed by atoms with Crippen molar-refractivity contribution in [3.63, 3.8) is 0 Å². The van der Waals surface area contributed by atoms with Gasteiger partial charge in [0.15, 0.2) is 5.13 Å². The zero-order valence-electron chi connectivity index (χ0n) is 16.2. The Morgan fingerprint density at radius 3 is 2.71 bits per heavy atom. The van der Waals surface area contributed by atoms with Crippen LogP contribution in [-0.2, 0) is 4.74 Å². The van der Waals surface area contributed by atoms with Crippen LogP contribution in [0.4, 0.5) is 5.13 Å². The highest BCUT2D eigenvalue weighted by molar-refractivity contribution is 7.14. The molecule has 1 aliphatic rings. The van der Waals surface area contributed by atoms with E-state index in [1.165, 1.54) is 16.9 Å². The Bertz CT molecular complexity index is 959. The molecule has 0 saturated carbocycles. The van der Waals surface area contributed by atoms with E-state index in [1.54, 1.807) is 4.90 Å². The van der Waals surface area contributed by atoms with Crippen LogP contribution in [0.5, 0.6) is 0 Å². The standard InChI is InChI=1S/C23H24N2O2S/c1-16-8-10-18(11-9-16)21-15-28-23(24-21)25(14-20-7-4-12-27-20)22(26)19-6-3-5-17(2)13-19/h3,5-6,8-11,13,15,20H,4,7,12,14H2,1-2H3. The molecule has 1 saturated heterocycles. The third-order valence-electron chi connectivity index (χ3n) is 4.99. The highest BCUT2D eigenvalue weighted by Gasteiger charge is 2.27. The van der Waals surface area contributed by atoms with Gasteiger partial charge in [0.1, 0.15) is 0 Å². The van der Waals surface area contributed by atoms with E-state index in [2.05, 4.69) is 31.2 Å². The molecule has 1 unspecified atom stereocenters. The van der Waals surface area contributed by atoms with E-state index in [4.69, 9.17) is 9.72 Å². The van der Waals surface area contributed by atoms with Gasteiger partial charge in [-0.2, -0.15) is 0 Å². The summed E-state index contributed by atoms with van der Waals surface area (Å²) in [4.78, 5) is 19.9. The van der Waals surface area contributed by atoms with E-state index < -0.39 is 0 Å². The molecule has 1 aromatic heterocycles. The molecule has 1 amide bonds. The molecule has 4 rings (SSSR count). The van der Waals surface area contributed by atoms with E-state index in [0.29, 0.717) is 12.1 Å². The maximum absolute atomic E-state index is 13.3. The van der Waals surface area contributed by atoms with Crippen LogP contribution in [0.15, 0.2) is 53.9 Å². The molecule has 0 aliphatic carbocycles. The summed E-state index contributed by atoms with van der Waals surface area (Å²) in [5.41, 5.74) is 4.93. The van der Waals surface area contributed by atoms with Crippen molar-refractivity contribution >= 4 is 22.4 Å². The molecule has 28 heavy (non-hydrogen) atoms. The third-order valence-corrected chi connectivity index (χ3v) is 5.85. The Hall–Kier alpha value is -2.50. The highest BCUT2D eigenvalue weighted by Crippen LogP contribution is 2.30. The van der Waals surface area contributed by atoms with Gasteiger partial charge in [-0.3, -0.25) is 9.69 Å². The van der Waals surface area contributed by atoms with Gasteiger partial charge >= 0.3 is 0 Å². The average molecular weight is 393 g/mol. The summed E-state index contributed by atoms with van der Waals surface area (Å²) < 4.78 is 5.80. The van der Waals surface area contributed by atoms with Crippen molar-refractivity contribution in [3.05, 3.63) is 70.6 Å². The normalized spacial score (nSPS) is 16.3. The Labute approximate surface area is 169 Å². The van der Waals surface area contributed by atoms with Crippen molar-refractivity contribution in [2.75, 3.05) is 18.1 Å². The number of thiazole rings is 1. The van der Waals surface area contributed by atoms with Crippen molar-refractivity contribution in [2.45, 2.75) is 32.8 Å². The number of hydrogen-bond acceptors (Lipinski definition) is 4. The summed E-state index contributed by atoms with van der Waals surface area (Å²) >= 11 is 1.51. The zero-order chi connectivity index (χ0) is 19.5. The smallest absolute Gasteiger partial charge is 0.260 e. The van der Waals surface area contributed by atoms with Gasteiger partial charge < -0.3 is 4.74 Å². The fourth-order valence-corrected chi connectivity index (χ4v) is 4.26. The Morgan fingerprint density at radius 1 is 1.18 bits per heavy atom. The largest absolute Gasteiger partial charge is 0.376 e. The van der Waals surface area contributed by atoms with E-state index in [9.17, 15) is 4.79 Å². The first-order chi connectivity index (χ1) is 13.6. The molecule has 1 fully saturated rings. The minimum absolute atomic E-state index is 0.0241. The number of aromatic nitrogens is 1. The summed E-state index contributed by atoms with van der Waals surface area (Å²) in [7, 11) is 0. The van der Waals surface area contributed by atoms with Crippen molar-refractivity contribution in [3.8, 4) is 11.3 Å². The number of carbonyl (C=O) groups is 1. The second-order valence-corrected chi connectivity index (χ2v) is 8.14. The molecule has 0 N–H and O–H groups in total. The Morgan fingerprint density at radius 2 is 2.00 bits per heavy atom. The topological polar surface area (TPSA) is 42.4 Å². The second kappa shape index (κ2) is 8.25. The highest BCUT2D eigenvalue weighted by atomic mass is 32.1. The van der Waals surface area contributed by atoms with Gasteiger partial charge in [0, 0.05) is 23.1 Å². The molecule has 144 valence electrons. The molecular weight excluding hydrogens is 368 g/mol. The van der Waals surface area contributed by atoms with Gasteiger partial charge in [-0.05, 0) is 38.8 Å². The first-order valence-corrected chi connectivity index (χ1v) is 10.5. The van der Waals surface area contributed by atoms with E-state index in [1.807, 2.05) is 36.6 Å². The zero-order valence-corrected chi connectivity index (χ0v) is 17.0. The first-order valence-electron chi connectivity index (χ1n) is 9.63. The quantitative estimate of drug-likeness (QED) is 0.595. The van der Waals surface area contributed by atoms with Gasteiger partial charge in [0.25, 0.3) is 5.91 Å². The lowest BCUT2D eigenvalue weighted by Gasteiger charge is -2.23. The number of carbonyl (C=O) groups excluding carboxylic acids is 1. The Balaban J connectivity index is 1.65. The fraction of sp³-hybridized carbons (Fsp3) is 0.304. The number of anilines is 1. The molecule has 1 atom stereocenters. The number of hydrogen-bond donors (Lipinski definition) is 0. The minimum Gasteiger partial charge on any atom is -0.376 e. The van der Waals surface area contributed by atoms with Crippen LogP contribution in [0.3, 0.4) is 0 Å². The minimum atomic E-state index is -0.0241. The summed E-state index contributed by atoms with van der Waals surface area (Å²) in [6.45, 7) is 5.37. The number of nitrogens with zero attached hydrogens (tertiary/aromatic N) is 2. The van der Waals surface area contributed by atoms with Crippen LogP contribution in [0.25, 0.3) is 11.3 Å². The van der Waals surface area contributed by atoms with E-state index >= 15 is 0 Å². The van der Waals surface area contributed by atoms with Gasteiger partial charge in [-0.15, -0.1) is 11.3 Å². The summed E-state index contributed by atoms with van der Waals surface area (Å²) in [5, 5.41) is 2.74. The SMILES string of the molecule is Cc1ccc(-c2csc(N(CC3CCCO3)C(=O)c3cccc(C)c3)n2)cc1. The summed E-state index contributed by atoms with van der Waals surface area (Å²) in [5.74, 6) is -0.0241. The number of benzene rings is 2. The van der Waals surface area contributed by atoms with Gasteiger partial charge in [-0.1, -0.05) is 47.5 Å². The Kier molecular flexibility index (Phi) is 5.55. The maximum Gasteiger partial charge on any atom is 0.260 e. The predicted molar refractivity (Wildman–Crippen MR) is 114 cm³/mol. The van der Waals surface area contributed by atoms with Crippen LogP contribution in [0.1, 0.15) is 34.3 Å². The molecule has 2 aromatic carbocycles. The van der Waals surface area contributed by atoms with Crippen LogP contribution in [0.2, 0.25) is 0 Å². The van der Waals surface area contributed by atoms with Crippen molar-refractivity contribution < 1.29 is 9.53 Å². The van der Waals surface area contributed by atoms with Crippen LogP contribution < -0.4 is 4.90 Å². The lowest BCUT2D eigenvalue weighted by Crippen LogP contribution is -2.37. The molecule has 3 aromatic rings. The van der Waals surface area contributed by atoms with Crippen molar-refractivity contribution in [2.24, 2.45) is 0 Å². The van der Waals surface area contributed by atoms with Crippen LogP contribution in [0, 0.1) is 13.8 Å². The third kappa shape index (κ3) is 4.16. The van der Waals surface area contributed by atoms with Gasteiger partial charge in [0.05, 0.1) is 18.3 Å². The van der Waals surface area contributed by atoms with Gasteiger partial charge in [-0.25, -0.2) is 4.98 Å². The van der Waals surface area contributed by atoms with Gasteiger partial charge in [0.2, 0.25) is 0 Å². The van der Waals surface area contributed by atoms with Crippen LogP contribution >= 0.6 is 11.3 Å². The monoisotopic (exact) mass is 392 g/mol. The molecule has 4 nitrogen and oxygen atoms in total. The second-order valence-electron chi connectivity index (χ2n) is 7.30. The van der Waals surface area contributed by atoms with E-state index in [-0.39, 0.29) is 12.0 Å². The van der Waals surface area contributed by atoms with E-state index in [0.717, 1.165) is 41.4 Å². The fourth-order valence-electron chi connectivity index (χ4n) is 3.42. The summed E-state index contributed by atoms with van der Waals surface area (Å²) in [6.07, 6.45) is 2.10. The lowest BCUT2D eigenvalue weighted by molar-refractivity contribution is 0.0917. The molecule has 0 spiro atoms. The van der Waals surface area contributed by atoms with Crippen molar-refractivity contribution in [1.82, 2.24) is 4.98 Å². The first kappa shape index (κ1) is 18.8. The maximum atomic E-state index is 13.3. The average Bonchev–Trinajstić information content (AvgIpc) is 3.38. The molecular formula is C23H24N2O2S. The molecule has 5 heteroatoms. The predicted octanol–water partition coefficient (Wildman–Crippen LogP) is 5.25.